The maximum atomic E-state index is 12.8. The average molecular weight is 376 g/mol. The Bertz CT molecular complexity index is 880. The summed E-state index contributed by atoms with van der Waals surface area (Å²) in [6, 6.07) is 12.9. The number of benzene rings is 2. The molecular weight excluding hydrogens is 361 g/mol. The van der Waals surface area contributed by atoms with E-state index in [1.807, 2.05) is 0 Å². The molecule has 0 saturated carbocycles. The van der Waals surface area contributed by atoms with Crippen molar-refractivity contribution in [3.05, 3.63) is 75.4 Å². The number of rotatable bonds is 3. The molecule has 5 nitrogen and oxygen atoms in total. The fraction of sp³-hybridized carbons (Fsp3) is 0.111. The molecule has 0 saturated heterocycles. The lowest BCUT2D eigenvalue weighted by Crippen LogP contribution is -2.46. The van der Waals surface area contributed by atoms with Gasteiger partial charge < -0.3 is 16.0 Å². The molecule has 1 atom stereocenters. The van der Waals surface area contributed by atoms with Crippen LogP contribution in [-0.2, 0) is 4.79 Å². The van der Waals surface area contributed by atoms with Gasteiger partial charge in [0.1, 0.15) is 0 Å². The summed E-state index contributed by atoms with van der Waals surface area (Å²) in [5.74, 6) is -0.350. The third-order valence-corrected chi connectivity index (χ3v) is 4.39. The third kappa shape index (κ3) is 3.78. The standard InChI is InChI=1S/C18H15Cl2N3O2/c1-10-15(17(24)22-12-6-4-5-11(19)9-12)16(23-18(25)21-10)13-7-2-3-8-14(13)20/h2-9,16H,1H3,(H,22,24)(H2,21,23,25)/t16-/m0/s1. The minimum absolute atomic E-state index is 0.350. The van der Waals surface area contributed by atoms with Gasteiger partial charge in [-0.1, -0.05) is 47.5 Å². The van der Waals surface area contributed by atoms with Gasteiger partial charge in [-0.15, -0.1) is 0 Å². The Labute approximate surface area is 155 Å². The van der Waals surface area contributed by atoms with Gasteiger partial charge in [0.05, 0.1) is 11.6 Å². The molecule has 128 valence electrons. The molecule has 0 fully saturated rings. The Morgan fingerprint density at radius 2 is 1.88 bits per heavy atom. The van der Waals surface area contributed by atoms with E-state index < -0.39 is 6.04 Å². The van der Waals surface area contributed by atoms with Gasteiger partial charge >= 0.3 is 6.03 Å². The van der Waals surface area contributed by atoms with Crippen molar-refractivity contribution in [2.24, 2.45) is 0 Å². The van der Waals surface area contributed by atoms with Crippen LogP contribution in [0.4, 0.5) is 10.5 Å². The number of allylic oxidation sites excluding steroid dienone is 1. The lowest BCUT2D eigenvalue weighted by molar-refractivity contribution is -0.113. The Hall–Kier alpha value is -2.50. The highest BCUT2D eigenvalue weighted by molar-refractivity contribution is 6.31. The van der Waals surface area contributed by atoms with Gasteiger partial charge in [-0.25, -0.2) is 4.79 Å². The molecule has 2 aromatic carbocycles. The van der Waals surface area contributed by atoms with Gasteiger partial charge in [-0.3, -0.25) is 4.79 Å². The van der Waals surface area contributed by atoms with Gasteiger partial charge in [0.15, 0.2) is 0 Å². The molecule has 0 aliphatic carbocycles. The Morgan fingerprint density at radius 1 is 1.12 bits per heavy atom. The highest BCUT2D eigenvalue weighted by atomic mass is 35.5. The molecule has 0 spiro atoms. The molecule has 0 unspecified atom stereocenters. The van der Waals surface area contributed by atoms with Gasteiger partial charge in [0, 0.05) is 21.4 Å². The van der Waals surface area contributed by atoms with Gasteiger partial charge in [0.25, 0.3) is 5.91 Å². The van der Waals surface area contributed by atoms with Crippen LogP contribution in [0.3, 0.4) is 0 Å². The van der Waals surface area contributed by atoms with Crippen LogP contribution in [0.25, 0.3) is 0 Å². The minimum atomic E-state index is -0.651. The fourth-order valence-electron chi connectivity index (χ4n) is 2.70. The van der Waals surface area contributed by atoms with Crippen LogP contribution in [0.1, 0.15) is 18.5 Å². The van der Waals surface area contributed by atoms with E-state index in [1.54, 1.807) is 55.5 Å². The predicted octanol–water partition coefficient (Wildman–Crippen LogP) is 4.26. The van der Waals surface area contributed by atoms with Crippen molar-refractivity contribution in [3.8, 4) is 0 Å². The van der Waals surface area contributed by atoms with E-state index in [9.17, 15) is 9.59 Å². The summed E-state index contributed by atoms with van der Waals surface area (Å²) in [6.45, 7) is 1.68. The van der Waals surface area contributed by atoms with Gasteiger partial charge in [-0.05, 0) is 36.8 Å². The second-order valence-electron chi connectivity index (χ2n) is 5.56. The summed E-state index contributed by atoms with van der Waals surface area (Å²) in [6.07, 6.45) is 0. The van der Waals surface area contributed by atoms with Crippen molar-refractivity contribution in [3.63, 3.8) is 0 Å². The molecule has 0 radical (unpaired) electrons. The molecule has 0 aromatic heterocycles. The first-order chi connectivity index (χ1) is 12.0. The van der Waals surface area contributed by atoms with Crippen LogP contribution in [0.15, 0.2) is 59.8 Å². The smallest absolute Gasteiger partial charge is 0.319 e. The Kier molecular flexibility index (Phi) is 4.97. The molecular formula is C18H15Cl2N3O2. The molecule has 1 heterocycles. The second-order valence-corrected chi connectivity index (χ2v) is 6.40. The van der Waals surface area contributed by atoms with Crippen LogP contribution in [0.5, 0.6) is 0 Å². The number of anilines is 1. The fourth-order valence-corrected chi connectivity index (χ4v) is 3.14. The summed E-state index contributed by atoms with van der Waals surface area (Å²) >= 11 is 12.2. The first-order valence-corrected chi connectivity index (χ1v) is 8.31. The summed E-state index contributed by atoms with van der Waals surface area (Å²) < 4.78 is 0. The second kappa shape index (κ2) is 7.17. The zero-order valence-corrected chi connectivity index (χ0v) is 14.8. The lowest BCUT2D eigenvalue weighted by atomic mass is 9.94. The summed E-state index contributed by atoms with van der Waals surface area (Å²) in [5, 5.41) is 9.16. The lowest BCUT2D eigenvalue weighted by Gasteiger charge is -2.29. The molecule has 2 aromatic rings. The number of carbonyl (C=O) groups is 2. The minimum Gasteiger partial charge on any atom is -0.327 e. The van der Waals surface area contributed by atoms with E-state index >= 15 is 0 Å². The maximum Gasteiger partial charge on any atom is 0.319 e. The molecule has 1 aliphatic rings. The number of halogens is 2. The molecule has 7 heteroatoms. The zero-order chi connectivity index (χ0) is 18.0. The molecule has 25 heavy (non-hydrogen) atoms. The normalized spacial score (nSPS) is 16.9. The van der Waals surface area contributed by atoms with Gasteiger partial charge in [0.2, 0.25) is 0 Å². The number of urea groups is 1. The van der Waals surface area contributed by atoms with Crippen molar-refractivity contribution in [1.29, 1.82) is 0 Å². The van der Waals surface area contributed by atoms with Crippen LogP contribution < -0.4 is 16.0 Å². The first kappa shape index (κ1) is 17.3. The maximum absolute atomic E-state index is 12.8. The number of amides is 3. The molecule has 1 aliphatic heterocycles. The summed E-state index contributed by atoms with van der Waals surface area (Å²) in [5.41, 5.74) is 2.06. The van der Waals surface area contributed by atoms with Crippen LogP contribution in [0.2, 0.25) is 10.0 Å². The first-order valence-electron chi connectivity index (χ1n) is 7.55. The monoisotopic (exact) mass is 375 g/mol. The number of hydrogen-bond acceptors (Lipinski definition) is 2. The van der Waals surface area contributed by atoms with E-state index in [-0.39, 0.29) is 11.9 Å². The van der Waals surface area contributed by atoms with E-state index in [2.05, 4.69) is 16.0 Å². The highest BCUT2D eigenvalue weighted by Crippen LogP contribution is 2.32. The quantitative estimate of drug-likeness (QED) is 0.749. The van der Waals surface area contributed by atoms with Crippen molar-refractivity contribution >= 4 is 40.8 Å². The van der Waals surface area contributed by atoms with Crippen molar-refractivity contribution in [2.45, 2.75) is 13.0 Å². The molecule has 3 amide bonds. The van der Waals surface area contributed by atoms with Crippen LogP contribution in [0, 0.1) is 0 Å². The number of carbonyl (C=O) groups excluding carboxylic acids is 2. The summed E-state index contributed by atoms with van der Waals surface area (Å²) in [7, 11) is 0. The Balaban J connectivity index is 1.97. The summed E-state index contributed by atoms with van der Waals surface area (Å²) in [4.78, 5) is 24.7. The van der Waals surface area contributed by atoms with Crippen molar-refractivity contribution in [1.82, 2.24) is 10.6 Å². The van der Waals surface area contributed by atoms with Crippen LogP contribution >= 0.6 is 23.2 Å². The van der Waals surface area contributed by atoms with E-state index in [0.29, 0.717) is 32.6 Å². The highest BCUT2D eigenvalue weighted by Gasteiger charge is 2.32. The molecule has 0 bridgehead atoms. The van der Waals surface area contributed by atoms with E-state index in [0.717, 1.165) is 0 Å². The van der Waals surface area contributed by atoms with E-state index in [4.69, 9.17) is 23.2 Å². The third-order valence-electron chi connectivity index (χ3n) is 3.81. The largest absolute Gasteiger partial charge is 0.327 e. The van der Waals surface area contributed by atoms with Crippen molar-refractivity contribution < 1.29 is 9.59 Å². The van der Waals surface area contributed by atoms with E-state index in [1.165, 1.54) is 0 Å². The SMILES string of the molecule is CC1=C(C(=O)Nc2cccc(Cl)c2)[C@H](c2ccccc2Cl)NC(=O)N1. The topological polar surface area (TPSA) is 70.2 Å². The van der Waals surface area contributed by atoms with Crippen molar-refractivity contribution in [2.75, 3.05) is 5.32 Å². The molecule has 3 rings (SSSR count). The number of nitrogens with one attached hydrogen (secondary N) is 3. The Morgan fingerprint density at radius 3 is 2.60 bits per heavy atom. The average Bonchev–Trinajstić information content (AvgIpc) is 2.54. The number of hydrogen-bond donors (Lipinski definition) is 3. The molecule has 3 N–H and O–H groups in total. The van der Waals surface area contributed by atoms with Gasteiger partial charge in [-0.2, -0.15) is 0 Å². The predicted molar refractivity (Wildman–Crippen MR) is 98.6 cm³/mol. The zero-order valence-electron chi connectivity index (χ0n) is 13.3. The van der Waals surface area contributed by atoms with Crippen LogP contribution in [-0.4, -0.2) is 11.9 Å².